The molecule has 1 amide bonds. The molecule has 3 rings (SSSR count). The number of carbonyl (C=O) groups excluding carboxylic acids is 1. The lowest BCUT2D eigenvalue weighted by Crippen LogP contribution is -2.11. The molecule has 2 aromatic rings. The Balaban J connectivity index is 1.69. The maximum atomic E-state index is 12.1. The molecule has 2 nitrogen and oxygen atoms in total. The van der Waals surface area contributed by atoms with Crippen LogP contribution in [0.1, 0.15) is 28.3 Å². The first-order chi connectivity index (χ1) is 9.95. The van der Waals surface area contributed by atoms with Gasteiger partial charge >= 0.3 is 0 Å². The molecule has 1 atom stereocenters. The number of alkyl halides is 2. The summed E-state index contributed by atoms with van der Waals surface area (Å²) in [5, 5.41) is 2.87. The minimum Gasteiger partial charge on any atom is -0.322 e. The van der Waals surface area contributed by atoms with Crippen LogP contribution in [0.2, 0.25) is 0 Å². The van der Waals surface area contributed by atoms with Crippen molar-refractivity contribution >= 4 is 50.7 Å². The van der Waals surface area contributed by atoms with Crippen LogP contribution in [-0.2, 0) is 0 Å². The molecule has 1 unspecified atom stereocenters. The molecule has 2 aromatic carbocycles. The Kier molecular flexibility index (Phi) is 4.00. The SMILES string of the molecule is O=C(Nc1ccc(C2CC2(Cl)Cl)cc1)c1cccc(Br)c1. The van der Waals surface area contributed by atoms with E-state index in [1.54, 1.807) is 12.1 Å². The Bertz CT molecular complexity index is 685. The average Bonchev–Trinajstić information content (AvgIpc) is 3.08. The van der Waals surface area contributed by atoms with Gasteiger partial charge in [0.25, 0.3) is 5.91 Å². The molecule has 1 aliphatic rings. The van der Waals surface area contributed by atoms with Crippen molar-refractivity contribution in [3.05, 3.63) is 64.1 Å². The molecule has 0 spiro atoms. The highest BCUT2D eigenvalue weighted by molar-refractivity contribution is 9.10. The Morgan fingerprint density at radius 2 is 1.86 bits per heavy atom. The van der Waals surface area contributed by atoms with E-state index in [2.05, 4.69) is 21.2 Å². The van der Waals surface area contributed by atoms with Gasteiger partial charge in [-0.25, -0.2) is 0 Å². The average molecular weight is 385 g/mol. The van der Waals surface area contributed by atoms with Crippen molar-refractivity contribution < 1.29 is 4.79 Å². The number of carbonyl (C=O) groups is 1. The van der Waals surface area contributed by atoms with Crippen molar-refractivity contribution in [1.29, 1.82) is 0 Å². The van der Waals surface area contributed by atoms with E-state index < -0.39 is 4.33 Å². The number of rotatable bonds is 3. The first-order valence-electron chi connectivity index (χ1n) is 6.50. The molecule has 5 heteroatoms. The summed E-state index contributed by atoms with van der Waals surface area (Å²) in [6.07, 6.45) is 0.778. The molecule has 0 heterocycles. The molecule has 1 N–H and O–H groups in total. The van der Waals surface area contributed by atoms with Crippen molar-refractivity contribution in [2.45, 2.75) is 16.7 Å². The van der Waals surface area contributed by atoms with Gasteiger partial charge in [0.1, 0.15) is 4.33 Å². The standard InChI is InChI=1S/C16H12BrCl2NO/c17-12-3-1-2-11(8-12)15(21)20-13-6-4-10(5-7-13)14-9-16(14,18)19/h1-8,14H,9H2,(H,20,21). The van der Waals surface area contributed by atoms with Crippen LogP contribution in [0, 0.1) is 0 Å². The second kappa shape index (κ2) is 5.64. The van der Waals surface area contributed by atoms with Crippen molar-refractivity contribution in [2.24, 2.45) is 0 Å². The van der Waals surface area contributed by atoms with E-state index >= 15 is 0 Å². The summed E-state index contributed by atoms with van der Waals surface area (Å²) in [7, 11) is 0. The maximum Gasteiger partial charge on any atom is 0.255 e. The highest BCUT2D eigenvalue weighted by atomic mass is 79.9. The van der Waals surface area contributed by atoms with Gasteiger partial charge in [0, 0.05) is 21.6 Å². The van der Waals surface area contributed by atoms with Crippen LogP contribution in [0.3, 0.4) is 0 Å². The number of amides is 1. The summed E-state index contributed by atoms with van der Waals surface area (Å²) < 4.78 is 0.251. The third-order valence-electron chi connectivity index (χ3n) is 3.48. The van der Waals surface area contributed by atoms with Crippen LogP contribution >= 0.6 is 39.1 Å². The van der Waals surface area contributed by atoms with Crippen molar-refractivity contribution in [2.75, 3.05) is 5.32 Å². The van der Waals surface area contributed by atoms with E-state index in [4.69, 9.17) is 23.2 Å². The number of anilines is 1. The Morgan fingerprint density at radius 3 is 2.43 bits per heavy atom. The first kappa shape index (κ1) is 14.9. The quantitative estimate of drug-likeness (QED) is 0.708. The topological polar surface area (TPSA) is 29.1 Å². The van der Waals surface area contributed by atoms with Gasteiger partial charge in [-0.1, -0.05) is 34.1 Å². The summed E-state index contributed by atoms with van der Waals surface area (Å²) >= 11 is 15.5. The fourth-order valence-electron chi connectivity index (χ4n) is 2.21. The van der Waals surface area contributed by atoms with Crippen LogP contribution in [-0.4, -0.2) is 10.2 Å². The number of halogens is 3. The lowest BCUT2D eigenvalue weighted by atomic mass is 10.1. The minimum absolute atomic E-state index is 0.139. The number of benzene rings is 2. The van der Waals surface area contributed by atoms with Crippen molar-refractivity contribution in [1.82, 2.24) is 0 Å². The third kappa shape index (κ3) is 3.42. The lowest BCUT2D eigenvalue weighted by molar-refractivity contribution is 0.102. The van der Waals surface area contributed by atoms with Gasteiger partial charge in [0.2, 0.25) is 0 Å². The molecule has 0 saturated heterocycles. The smallest absolute Gasteiger partial charge is 0.255 e. The van der Waals surface area contributed by atoms with Crippen LogP contribution in [0.15, 0.2) is 53.0 Å². The van der Waals surface area contributed by atoms with E-state index in [-0.39, 0.29) is 11.8 Å². The monoisotopic (exact) mass is 383 g/mol. The molecule has 21 heavy (non-hydrogen) atoms. The van der Waals surface area contributed by atoms with Gasteiger partial charge in [-0.05, 0) is 42.3 Å². The molecule has 0 radical (unpaired) electrons. The van der Waals surface area contributed by atoms with Crippen LogP contribution in [0.5, 0.6) is 0 Å². The normalized spacial score (nSPS) is 19.1. The van der Waals surface area contributed by atoms with E-state index in [0.29, 0.717) is 5.56 Å². The molecule has 1 fully saturated rings. The lowest BCUT2D eigenvalue weighted by Gasteiger charge is -2.07. The van der Waals surface area contributed by atoms with Crippen molar-refractivity contribution in [3.8, 4) is 0 Å². The predicted octanol–water partition coefficient (Wildman–Crippen LogP) is 5.36. The van der Waals surface area contributed by atoms with Gasteiger partial charge in [-0.15, -0.1) is 23.2 Å². The summed E-state index contributed by atoms with van der Waals surface area (Å²) in [4.78, 5) is 12.1. The molecule has 0 bridgehead atoms. The Morgan fingerprint density at radius 1 is 1.19 bits per heavy atom. The van der Waals surface area contributed by atoms with Gasteiger partial charge < -0.3 is 5.32 Å². The van der Waals surface area contributed by atoms with Gasteiger partial charge in [-0.2, -0.15) is 0 Å². The summed E-state index contributed by atoms with van der Waals surface area (Å²) in [5.74, 6) is 0.0511. The Labute approximate surface area is 141 Å². The largest absolute Gasteiger partial charge is 0.322 e. The fourth-order valence-corrected chi connectivity index (χ4v) is 3.17. The van der Waals surface area contributed by atoms with Crippen LogP contribution in [0.25, 0.3) is 0 Å². The number of hydrogen-bond acceptors (Lipinski definition) is 1. The van der Waals surface area contributed by atoms with E-state index in [9.17, 15) is 4.79 Å². The van der Waals surface area contributed by atoms with E-state index in [0.717, 1.165) is 22.1 Å². The number of nitrogens with one attached hydrogen (secondary N) is 1. The second-order valence-electron chi connectivity index (χ2n) is 5.10. The van der Waals surface area contributed by atoms with Crippen LogP contribution < -0.4 is 5.32 Å². The summed E-state index contributed by atoms with van der Waals surface area (Å²) in [5.41, 5.74) is 2.45. The predicted molar refractivity (Wildman–Crippen MR) is 90.3 cm³/mol. The zero-order chi connectivity index (χ0) is 15.0. The summed E-state index contributed by atoms with van der Waals surface area (Å²) in [6.45, 7) is 0. The van der Waals surface area contributed by atoms with E-state index in [1.165, 1.54) is 0 Å². The molecule has 0 aliphatic heterocycles. The maximum absolute atomic E-state index is 12.1. The summed E-state index contributed by atoms with van der Waals surface area (Å²) in [6, 6.07) is 14.9. The second-order valence-corrected chi connectivity index (χ2v) is 7.56. The van der Waals surface area contributed by atoms with Gasteiger partial charge in [0.15, 0.2) is 0 Å². The highest BCUT2D eigenvalue weighted by Crippen LogP contribution is 2.59. The zero-order valence-electron chi connectivity index (χ0n) is 10.9. The fraction of sp³-hybridized carbons (Fsp3) is 0.188. The Hall–Kier alpha value is -1.03. The molecular formula is C16H12BrCl2NO. The molecule has 0 aromatic heterocycles. The van der Waals surface area contributed by atoms with Gasteiger partial charge in [-0.3, -0.25) is 4.79 Å². The van der Waals surface area contributed by atoms with Crippen LogP contribution in [0.4, 0.5) is 5.69 Å². The molecule has 1 saturated carbocycles. The highest BCUT2D eigenvalue weighted by Gasteiger charge is 2.52. The third-order valence-corrected chi connectivity index (χ3v) is 4.81. The first-order valence-corrected chi connectivity index (χ1v) is 8.05. The number of hydrogen-bond donors (Lipinski definition) is 1. The molecule has 1 aliphatic carbocycles. The van der Waals surface area contributed by atoms with Gasteiger partial charge in [0.05, 0.1) is 0 Å². The van der Waals surface area contributed by atoms with E-state index in [1.807, 2.05) is 36.4 Å². The molecule has 108 valence electrons. The van der Waals surface area contributed by atoms with Crippen molar-refractivity contribution in [3.63, 3.8) is 0 Å². The zero-order valence-corrected chi connectivity index (χ0v) is 14.0. The minimum atomic E-state index is -0.624. The molecular weight excluding hydrogens is 373 g/mol.